The molecule has 3 rings (SSSR count). The minimum absolute atomic E-state index is 0.0113. The Labute approximate surface area is 135 Å². The molecule has 8 heteroatoms. The number of guanidine groups is 1. The fraction of sp³-hybridized carbons (Fsp3) is 0.733. The molecule has 124 valence electrons. The number of hydrogen-bond acceptors (Lipinski definition) is 6. The summed E-state index contributed by atoms with van der Waals surface area (Å²) < 4.78 is 0. The molecule has 2 fully saturated rings. The lowest BCUT2D eigenvalue weighted by Gasteiger charge is -2.40. The maximum Gasteiger partial charge on any atom is 0.328 e. The number of carbonyl (C=O) groups is 2. The molecule has 8 nitrogen and oxygen atoms in total. The summed E-state index contributed by atoms with van der Waals surface area (Å²) >= 11 is 0. The number of fused-ring (bicyclic) bond motifs is 3. The normalized spacial score (nSPS) is 27.3. The standard InChI is InChI=1S/C15H22N6O2/c1-10(9-16)5-3-4-7-21-13(22)11-12(19(2)15(21)23)18-14-17-6-8-20(11)14/h10-12H,3-8H2,1-2H3,(H,17,18)/t10-,11?,12?/m1/s1. The summed E-state index contributed by atoms with van der Waals surface area (Å²) in [6, 6.07) is 1.56. The molecule has 23 heavy (non-hydrogen) atoms. The lowest BCUT2D eigenvalue weighted by molar-refractivity contribution is -0.137. The van der Waals surface area contributed by atoms with E-state index in [1.54, 1.807) is 11.9 Å². The average Bonchev–Trinajstić information content (AvgIpc) is 3.12. The average molecular weight is 318 g/mol. The zero-order valence-electron chi connectivity index (χ0n) is 13.5. The van der Waals surface area contributed by atoms with Crippen molar-refractivity contribution in [2.45, 2.75) is 38.4 Å². The third kappa shape index (κ3) is 2.60. The van der Waals surface area contributed by atoms with Gasteiger partial charge in [-0.05, 0) is 19.8 Å². The fourth-order valence-electron chi connectivity index (χ4n) is 3.37. The van der Waals surface area contributed by atoms with Gasteiger partial charge in [-0.15, -0.1) is 0 Å². The molecule has 0 bridgehead atoms. The number of amides is 3. The maximum atomic E-state index is 12.8. The molecule has 3 heterocycles. The van der Waals surface area contributed by atoms with Crippen molar-refractivity contribution in [3.63, 3.8) is 0 Å². The van der Waals surface area contributed by atoms with Gasteiger partial charge >= 0.3 is 6.03 Å². The Balaban J connectivity index is 1.65. The van der Waals surface area contributed by atoms with Crippen molar-refractivity contribution >= 4 is 17.9 Å². The molecule has 0 spiro atoms. The van der Waals surface area contributed by atoms with Gasteiger partial charge < -0.3 is 15.1 Å². The SMILES string of the molecule is C[C@@H](C#N)CCCCN1C(=O)C2C(NC3=NCCN32)N(C)C1=O. The van der Waals surface area contributed by atoms with Crippen molar-refractivity contribution in [2.24, 2.45) is 10.9 Å². The van der Waals surface area contributed by atoms with Crippen molar-refractivity contribution in [3.05, 3.63) is 0 Å². The number of nitrogens with zero attached hydrogens (tertiary/aromatic N) is 5. The van der Waals surface area contributed by atoms with E-state index < -0.39 is 0 Å². The largest absolute Gasteiger partial charge is 0.334 e. The molecular formula is C15H22N6O2. The molecule has 1 N–H and O–H groups in total. The number of carbonyl (C=O) groups excluding carboxylic acids is 2. The lowest BCUT2D eigenvalue weighted by atomic mass is 10.0. The molecule has 0 aliphatic carbocycles. The number of aliphatic imine (C=N–C) groups is 1. The molecule has 0 radical (unpaired) electrons. The van der Waals surface area contributed by atoms with Crippen LogP contribution in [0.3, 0.4) is 0 Å². The number of nitriles is 1. The first-order valence-corrected chi connectivity index (χ1v) is 8.10. The number of unbranched alkanes of at least 4 members (excludes halogenated alkanes) is 1. The van der Waals surface area contributed by atoms with Crippen LogP contribution >= 0.6 is 0 Å². The van der Waals surface area contributed by atoms with Gasteiger partial charge in [-0.1, -0.05) is 6.42 Å². The van der Waals surface area contributed by atoms with Crippen LogP contribution in [0.1, 0.15) is 26.2 Å². The summed E-state index contributed by atoms with van der Waals surface area (Å²) in [4.78, 5) is 34.5. The van der Waals surface area contributed by atoms with Crippen LogP contribution in [0.2, 0.25) is 0 Å². The monoisotopic (exact) mass is 318 g/mol. The predicted molar refractivity (Wildman–Crippen MR) is 83.2 cm³/mol. The van der Waals surface area contributed by atoms with E-state index in [9.17, 15) is 9.59 Å². The van der Waals surface area contributed by atoms with Crippen LogP contribution in [0.4, 0.5) is 4.79 Å². The molecule has 0 aromatic carbocycles. The third-order valence-electron chi connectivity index (χ3n) is 4.74. The van der Waals surface area contributed by atoms with E-state index in [1.807, 2.05) is 11.8 Å². The first kappa shape index (κ1) is 15.6. The van der Waals surface area contributed by atoms with Crippen molar-refractivity contribution in [1.29, 1.82) is 5.26 Å². The number of hydrogen-bond donors (Lipinski definition) is 1. The minimum Gasteiger partial charge on any atom is -0.334 e. The second-order valence-electron chi connectivity index (χ2n) is 6.34. The van der Waals surface area contributed by atoms with E-state index in [-0.39, 0.29) is 30.1 Å². The molecule has 3 amide bonds. The number of likely N-dealkylation sites (N-methyl/N-ethyl adjacent to an activating group) is 1. The van der Waals surface area contributed by atoms with Crippen LogP contribution in [0.15, 0.2) is 4.99 Å². The van der Waals surface area contributed by atoms with E-state index in [2.05, 4.69) is 16.4 Å². The minimum atomic E-state index is -0.378. The first-order valence-electron chi connectivity index (χ1n) is 8.10. The van der Waals surface area contributed by atoms with Gasteiger partial charge in [-0.2, -0.15) is 5.26 Å². The Hall–Kier alpha value is -2.30. The Morgan fingerprint density at radius 1 is 1.43 bits per heavy atom. The zero-order chi connectivity index (χ0) is 16.6. The number of rotatable bonds is 5. The molecule has 3 aliphatic heterocycles. The van der Waals surface area contributed by atoms with E-state index >= 15 is 0 Å². The Morgan fingerprint density at radius 2 is 2.22 bits per heavy atom. The summed E-state index contributed by atoms with van der Waals surface area (Å²) in [6.07, 6.45) is 2.02. The summed E-state index contributed by atoms with van der Waals surface area (Å²) in [7, 11) is 1.72. The highest BCUT2D eigenvalue weighted by Crippen LogP contribution is 2.26. The van der Waals surface area contributed by atoms with Gasteiger partial charge in [0.15, 0.2) is 12.0 Å². The molecule has 0 aromatic rings. The summed E-state index contributed by atoms with van der Waals surface area (Å²) in [5.41, 5.74) is 0. The van der Waals surface area contributed by atoms with Crippen molar-refractivity contribution in [3.8, 4) is 6.07 Å². The highest BCUT2D eigenvalue weighted by molar-refractivity contribution is 6.04. The third-order valence-corrected chi connectivity index (χ3v) is 4.74. The van der Waals surface area contributed by atoms with Crippen LogP contribution < -0.4 is 5.32 Å². The maximum absolute atomic E-state index is 12.8. The summed E-state index contributed by atoms with van der Waals surface area (Å²) in [5.74, 6) is 0.584. The van der Waals surface area contributed by atoms with Crippen LogP contribution in [0.25, 0.3) is 0 Å². The second-order valence-corrected chi connectivity index (χ2v) is 6.34. The fourth-order valence-corrected chi connectivity index (χ4v) is 3.37. The van der Waals surface area contributed by atoms with Gasteiger partial charge in [0.25, 0.3) is 5.91 Å². The lowest BCUT2D eigenvalue weighted by Crippen LogP contribution is -2.66. The Morgan fingerprint density at radius 3 is 2.96 bits per heavy atom. The Bertz CT molecular complexity index is 583. The van der Waals surface area contributed by atoms with Crippen LogP contribution in [0.5, 0.6) is 0 Å². The van der Waals surface area contributed by atoms with Gasteiger partial charge in [-0.25, -0.2) is 4.79 Å². The smallest absolute Gasteiger partial charge is 0.328 e. The highest BCUT2D eigenvalue weighted by Gasteiger charge is 2.53. The second kappa shape index (κ2) is 6.07. The van der Waals surface area contributed by atoms with Gasteiger partial charge in [-0.3, -0.25) is 14.7 Å². The van der Waals surface area contributed by atoms with E-state index in [0.717, 1.165) is 25.2 Å². The topological polar surface area (TPSA) is 92.0 Å². The van der Waals surface area contributed by atoms with Crippen LogP contribution in [-0.4, -0.2) is 71.5 Å². The van der Waals surface area contributed by atoms with Gasteiger partial charge in [0.2, 0.25) is 0 Å². The van der Waals surface area contributed by atoms with Crippen LogP contribution in [0, 0.1) is 17.2 Å². The van der Waals surface area contributed by atoms with Gasteiger partial charge in [0.1, 0.15) is 6.17 Å². The summed E-state index contributed by atoms with van der Waals surface area (Å²) in [6.45, 7) is 3.69. The van der Waals surface area contributed by atoms with E-state index in [4.69, 9.17) is 5.26 Å². The number of imide groups is 1. The highest BCUT2D eigenvalue weighted by atomic mass is 16.2. The van der Waals surface area contributed by atoms with Crippen molar-refractivity contribution < 1.29 is 9.59 Å². The number of urea groups is 1. The Kier molecular flexibility index (Phi) is 4.11. The van der Waals surface area contributed by atoms with Crippen molar-refractivity contribution in [1.82, 2.24) is 20.0 Å². The summed E-state index contributed by atoms with van der Waals surface area (Å²) in [5, 5.41) is 12.0. The predicted octanol–water partition coefficient (Wildman–Crippen LogP) is 0.180. The van der Waals surface area contributed by atoms with Crippen LogP contribution in [-0.2, 0) is 4.79 Å². The molecule has 2 saturated heterocycles. The zero-order valence-corrected chi connectivity index (χ0v) is 13.5. The quantitative estimate of drug-likeness (QED) is 0.730. The van der Waals surface area contributed by atoms with Crippen molar-refractivity contribution in [2.75, 3.05) is 26.7 Å². The first-order chi connectivity index (χ1) is 11.0. The molecule has 0 saturated carbocycles. The van der Waals surface area contributed by atoms with Gasteiger partial charge in [0.05, 0.1) is 12.6 Å². The molecule has 2 unspecified atom stereocenters. The molecule has 3 atom stereocenters. The molecule has 3 aliphatic rings. The van der Waals surface area contributed by atoms with Gasteiger partial charge in [0, 0.05) is 26.1 Å². The van der Waals surface area contributed by atoms with E-state index in [1.165, 1.54) is 4.90 Å². The molecule has 0 aromatic heterocycles. The van der Waals surface area contributed by atoms with E-state index in [0.29, 0.717) is 19.6 Å². The molecular weight excluding hydrogens is 296 g/mol. The number of nitrogens with one attached hydrogen (secondary N) is 1.